The van der Waals surface area contributed by atoms with E-state index in [9.17, 15) is 18.0 Å². The minimum Gasteiger partial charge on any atom is -0.352 e. The lowest BCUT2D eigenvalue weighted by molar-refractivity contribution is -0.130. The molecule has 32 heavy (non-hydrogen) atoms. The fraction of sp³-hybridized carbons (Fsp3) is 0.333. The summed E-state index contributed by atoms with van der Waals surface area (Å²) in [6.45, 7) is 5.22. The summed E-state index contributed by atoms with van der Waals surface area (Å²) in [6.07, 6.45) is 3.69. The molecule has 0 radical (unpaired) electrons. The van der Waals surface area contributed by atoms with Crippen LogP contribution in [-0.2, 0) is 31.9 Å². The first-order valence-corrected chi connectivity index (χ1v) is 12.2. The first-order valence-electron chi connectivity index (χ1n) is 10.6. The van der Waals surface area contributed by atoms with Gasteiger partial charge in [0.25, 0.3) is 0 Å². The molecule has 2 N–H and O–H groups in total. The third-order valence-corrected chi connectivity index (χ3v) is 6.72. The lowest BCUT2D eigenvalue weighted by Gasteiger charge is -2.32. The Bertz CT molecular complexity index is 1130. The maximum Gasteiger partial charge on any atom is 0.223 e. The van der Waals surface area contributed by atoms with Gasteiger partial charge in [0, 0.05) is 25.7 Å². The summed E-state index contributed by atoms with van der Waals surface area (Å²) in [4.78, 5) is 26.5. The van der Waals surface area contributed by atoms with Gasteiger partial charge in [-0.3, -0.25) is 9.59 Å². The molecule has 1 heterocycles. The van der Waals surface area contributed by atoms with Crippen molar-refractivity contribution in [3.05, 3.63) is 77.0 Å². The zero-order valence-electron chi connectivity index (χ0n) is 18.5. The van der Waals surface area contributed by atoms with Gasteiger partial charge in [0.2, 0.25) is 21.8 Å². The van der Waals surface area contributed by atoms with E-state index < -0.39 is 10.0 Å². The number of carbonyl (C=O) groups excluding carboxylic acids is 2. The zero-order chi connectivity index (χ0) is 23.3. The highest BCUT2D eigenvalue weighted by molar-refractivity contribution is 7.88. The van der Waals surface area contributed by atoms with E-state index in [1.807, 2.05) is 36.4 Å². The molecule has 8 heteroatoms. The van der Waals surface area contributed by atoms with Gasteiger partial charge in [-0.2, -0.15) is 0 Å². The standard InChI is InChI=1S/C24H29N3O4S/c1-17(2)26-32(30,31)16-21-10-5-4-9-20(21)15-25-24(29)14-23-22-11-7-6-8-19(22)12-13-27(23)18(3)28/h4-13,17,23,26H,14-16H2,1-3H3,(H,25,29)/t23-/m1/s1. The molecule has 0 aromatic heterocycles. The van der Waals surface area contributed by atoms with E-state index in [1.165, 1.54) is 6.92 Å². The molecule has 2 aromatic carbocycles. The predicted octanol–water partition coefficient (Wildman–Crippen LogP) is 3.09. The van der Waals surface area contributed by atoms with Crippen LogP contribution in [-0.4, -0.2) is 31.2 Å². The molecule has 2 amide bonds. The largest absolute Gasteiger partial charge is 0.352 e. The molecule has 0 saturated heterocycles. The Hall–Kier alpha value is -2.97. The Morgan fingerprint density at radius 1 is 1.03 bits per heavy atom. The van der Waals surface area contributed by atoms with Crippen molar-refractivity contribution in [3.8, 4) is 0 Å². The SMILES string of the molecule is CC(=O)N1C=Cc2ccccc2[C@H]1CC(=O)NCc1ccccc1CS(=O)(=O)NC(C)C. The predicted molar refractivity (Wildman–Crippen MR) is 125 cm³/mol. The number of sulfonamides is 1. The van der Waals surface area contributed by atoms with Gasteiger partial charge in [0.15, 0.2) is 0 Å². The maximum absolute atomic E-state index is 12.8. The van der Waals surface area contributed by atoms with Crippen molar-refractivity contribution in [2.24, 2.45) is 0 Å². The quantitative estimate of drug-likeness (QED) is 0.639. The summed E-state index contributed by atoms with van der Waals surface area (Å²) in [5.74, 6) is -0.512. The second-order valence-electron chi connectivity index (χ2n) is 8.17. The number of hydrogen-bond donors (Lipinski definition) is 2. The van der Waals surface area contributed by atoms with E-state index in [0.29, 0.717) is 5.56 Å². The Balaban J connectivity index is 1.70. The van der Waals surface area contributed by atoms with Gasteiger partial charge < -0.3 is 10.2 Å². The van der Waals surface area contributed by atoms with E-state index >= 15 is 0 Å². The molecule has 3 rings (SSSR count). The molecule has 0 fully saturated rings. The van der Waals surface area contributed by atoms with Crippen LogP contribution in [0.5, 0.6) is 0 Å². The Morgan fingerprint density at radius 3 is 2.38 bits per heavy atom. The van der Waals surface area contributed by atoms with Crippen molar-refractivity contribution >= 4 is 27.9 Å². The number of nitrogens with zero attached hydrogens (tertiary/aromatic N) is 1. The minimum absolute atomic E-state index is 0.107. The molecular formula is C24H29N3O4S. The first-order chi connectivity index (χ1) is 15.2. The van der Waals surface area contributed by atoms with Crippen LogP contribution in [0.25, 0.3) is 6.08 Å². The lowest BCUT2D eigenvalue weighted by Crippen LogP contribution is -2.35. The molecule has 2 aromatic rings. The number of hydrogen-bond acceptors (Lipinski definition) is 4. The molecule has 1 aliphatic rings. The molecule has 7 nitrogen and oxygen atoms in total. The average Bonchev–Trinajstić information content (AvgIpc) is 2.72. The smallest absolute Gasteiger partial charge is 0.223 e. The van der Waals surface area contributed by atoms with Gasteiger partial charge in [0.1, 0.15) is 0 Å². The van der Waals surface area contributed by atoms with Gasteiger partial charge in [0.05, 0.1) is 18.2 Å². The summed E-state index contributed by atoms with van der Waals surface area (Å²) < 4.78 is 27.3. The monoisotopic (exact) mass is 455 g/mol. The number of amides is 2. The Labute approximate surface area is 189 Å². The molecule has 1 aliphatic heterocycles. The van der Waals surface area contributed by atoms with Crippen LogP contribution in [0.3, 0.4) is 0 Å². The van der Waals surface area contributed by atoms with Crippen LogP contribution in [0.2, 0.25) is 0 Å². The van der Waals surface area contributed by atoms with Gasteiger partial charge in [-0.25, -0.2) is 13.1 Å². The molecule has 0 unspecified atom stereocenters. The highest BCUT2D eigenvalue weighted by atomic mass is 32.2. The molecule has 0 aliphatic carbocycles. The van der Waals surface area contributed by atoms with E-state index in [1.54, 1.807) is 43.1 Å². The van der Waals surface area contributed by atoms with Crippen LogP contribution in [0.1, 0.15) is 55.5 Å². The summed E-state index contributed by atoms with van der Waals surface area (Å²) in [5, 5.41) is 2.89. The van der Waals surface area contributed by atoms with Crippen LogP contribution < -0.4 is 10.0 Å². The zero-order valence-corrected chi connectivity index (χ0v) is 19.4. The van der Waals surface area contributed by atoms with Crippen LogP contribution in [0.4, 0.5) is 0 Å². The van der Waals surface area contributed by atoms with Gasteiger partial charge in [-0.1, -0.05) is 48.5 Å². The normalized spacial score (nSPS) is 15.5. The molecular weight excluding hydrogens is 426 g/mol. The van der Waals surface area contributed by atoms with Crippen LogP contribution >= 0.6 is 0 Å². The van der Waals surface area contributed by atoms with E-state index in [-0.39, 0.29) is 42.6 Å². The molecule has 170 valence electrons. The van der Waals surface area contributed by atoms with Crippen molar-refractivity contribution in [1.29, 1.82) is 0 Å². The fourth-order valence-electron chi connectivity index (χ4n) is 3.83. The topological polar surface area (TPSA) is 95.6 Å². The molecule has 1 atom stereocenters. The van der Waals surface area contributed by atoms with E-state index in [4.69, 9.17) is 0 Å². The number of carbonyl (C=O) groups is 2. The number of fused-ring (bicyclic) bond motifs is 1. The highest BCUT2D eigenvalue weighted by Crippen LogP contribution is 2.32. The van der Waals surface area contributed by atoms with Crippen LogP contribution in [0.15, 0.2) is 54.7 Å². The maximum atomic E-state index is 12.8. The Kier molecular flexibility index (Phi) is 7.48. The van der Waals surface area contributed by atoms with Crippen molar-refractivity contribution in [2.45, 2.75) is 51.6 Å². The molecule has 0 bridgehead atoms. The molecule has 0 saturated carbocycles. The van der Waals surface area contributed by atoms with E-state index in [0.717, 1.165) is 16.7 Å². The minimum atomic E-state index is -3.48. The van der Waals surface area contributed by atoms with Crippen LogP contribution in [0, 0.1) is 0 Å². The van der Waals surface area contributed by atoms with Crippen molar-refractivity contribution < 1.29 is 18.0 Å². The number of benzene rings is 2. The van der Waals surface area contributed by atoms with Crippen molar-refractivity contribution in [2.75, 3.05) is 0 Å². The second kappa shape index (κ2) is 10.1. The summed E-state index contributed by atoms with van der Waals surface area (Å²) >= 11 is 0. The third kappa shape index (κ3) is 6.05. The Morgan fingerprint density at radius 2 is 1.69 bits per heavy atom. The lowest BCUT2D eigenvalue weighted by atomic mass is 9.93. The summed E-state index contributed by atoms with van der Waals surface area (Å²) in [5.41, 5.74) is 3.28. The fourth-order valence-corrected chi connectivity index (χ4v) is 5.32. The number of rotatable bonds is 8. The third-order valence-electron chi connectivity index (χ3n) is 5.20. The summed E-state index contributed by atoms with van der Waals surface area (Å²) in [7, 11) is -3.48. The van der Waals surface area contributed by atoms with Crippen molar-refractivity contribution in [1.82, 2.24) is 14.9 Å². The molecule has 0 spiro atoms. The highest BCUT2D eigenvalue weighted by Gasteiger charge is 2.28. The number of nitrogens with one attached hydrogen (secondary N) is 2. The second-order valence-corrected chi connectivity index (χ2v) is 9.92. The summed E-state index contributed by atoms with van der Waals surface area (Å²) in [6, 6.07) is 14.3. The average molecular weight is 456 g/mol. The van der Waals surface area contributed by atoms with Gasteiger partial charge in [-0.15, -0.1) is 0 Å². The van der Waals surface area contributed by atoms with Gasteiger partial charge in [-0.05, 0) is 42.2 Å². The van der Waals surface area contributed by atoms with E-state index in [2.05, 4.69) is 10.0 Å². The van der Waals surface area contributed by atoms with Gasteiger partial charge >= 0.3 is 0 Å². The first kappa shape index (κ1) is 23.7. The van der Waals surface area contributed by atoms with Crippen molar-refractivity contribution in [3.63, 3.8) is 0 Å².